The predicted octanol–water partition coefficient (Wildman–Crippen LogP) is 3.33. The topological polar surface area (TPSA) is 84.3 Å². The summed E-state index contributed by atoms with van der Waals surface area (Å²) in [5, 5.41) is 3.35. The predicted molar refractivity (Wildman–Crippen MR) is 71.1 cm³/mol. The molecule has 19 heavy (non-hydrogen) atoms. The van der Waals surface area contributed by atoms with Crippen LogP contribution in [-0.2, 0) is 4.74 Å². The van der Waals surface area contributed by atoms with Crippen LogP contribution in [0.15, 0.2) is 29.4 Å². The van der Waals surface area contributed by atoms with Crippen LogP contribution in [0, 0.1) is 0 Å². The average molecular weight is 263 g/mol. The number of esters is 1. The summed E-state index contributed by atoms with van der Waals surface area (Å²) in [6, 6.07) is 6.62. The highest BCUT2D eigenvalue weighted by Crippen LogP contribution is 2.16. The molecule has 1 aromatic rings. The lowest BCUT2D eigenvalue weighted by molar-refractivity contribution is 0.00695. The summed E-state index contributed by atoms with van der Waals surface area (Å²) in [6.45, 7) is 6.02. The summed E-state index contributed by atoms with van der Waals surface area (Å²) >= 11 is 0. The largest absolute Gasteiger partial charge is 0.493 e. The summed E-state index contributed by atoms with van der Waals surface area (Å²) in [7, 11) is 0. The first-order chi connectivity index (χ1) is 8.92. The quantitative estimate of drug-likeness (QED) is 0.268. The van der Waals surface area contributed by atoms with E-state index in [0.717, 1.165) is 0 Å². The fourth-order valence-corrected chi connectivity index (χ4v) is 1.27. The number of nitrogens with zero attached hydrogens (tertiary/aromatic N) is 3. The van der Waals surface area contributed by atoms with Crippen molar-refractivity contribution in [1.82, 2.24) is 0 Å². The number of rotatable bonds is 5. The molecule has 0 aliphatic rings. The molecular weight excluding hydrogens is 246 g/mol. The Kier molecular flexibility index (Phi) is 5.21. The third kappa shape index (κ3) is 5.79. The number of ether oxygens (including phenoxy) is 2. The number of benzene rings is 1. The van der Waals surface area contributed by atoms with Gasteiger partial charge in [0.05, 0.1) is 18.7 Å². The van der Waals surface area contributed by atoms with Crippen LogP contribution in [-0.4, -0.2) is 24.7 Å². The van der Waals surface area contributed by atoms with Crippen molar-refractivity contribution in [3.63, 3.8) is 0 Å². The molecule has 0 aliphatic carbocycles. The molecule has 0 fully saturated rings. The van der Waals surface area contributed by atoms with Gasteiger partial charge in [-0.2, -0.15) is 0 Å². The highest BCUT2D eigenvalue weighted by atomic mass is 16.6. The molecule has 1 aromatic carbocycles. The van der Waals surface area contributed by atoms with Gasteiger partial charge in [-0.05, 0) is 50.6 Å². The van der Waals surface area contributed by atoms with E-state index in [2.05, 4.69) is 10.0 Å². The van der Waals surface area contributed by atoms with Gasteiger partial charge in [0.2, 0.25) is 0 Å². The van der Waals surface area contributed by atoms with Crippen LogP contribution in [0.25, 0.3) is 10.4 Å². The Morgan fingerprint density at radius 2 is 1.95 bits per heavy atom. The third-order valence-electron chi connectivity index (χ3n) is 2.01. The maximum atomic E-state index is 11.8. The van der Waals surface area contributed by atoms with E-state index in [1.54, 1.807) is 24.3 Å². The standard InChI is InChI=1S/C13H17N3O3/c1-13(2,3)19-12(17)10-4-6-11(7-5-10)18-9-8-15-16-14/h4-7H,8-9H2,1-3H3. The van der Waals surface area contributed by atoms with E-state index < -0.39 is 5.60 Å². The Labute approximate surface area is 112 Å². The fraction of sp³-hybridized carbons (Fsp3) is 0.462. The maximum Gasteiger partial charge on any atom is 0.338 e. The molecule has 0 bridgehead atoms. The molecule has 0 radical (unpaired) electrons. The van der Waals surface area contributed by atoms with E-state index in [0.29, 0.717) is 17.9 Å². The molecule has 0 N–H and O–H groups in total. The van der Waals surface area contributed by atoms with Gasteiger partial charge in [0, 0.05) is 4.91 Å². The van der Waals surface area contributed by atoms with Gasteiger partial charge < -0.3 is 9.47 Å². The van der Waals surface area contributed by atoms with E-state index >= 15 is 0 Å². The Hall–Kier alpha value is -2.20. The van der Waals surface area contributed by atoms with Crippen LogP contribution < -0.4 is 4.74 Å². The number of hydrogen-bond acceptors (Lipinski definition) is 4. The Morgan fingerprint density at radius 1 is 1.32 bits per heavy atom. The van der Waals surface area contributed by atoms with Crippen molar-refractivity contribution in [2.24, 2.45) is 5.11 Å². The molecule has 0 spiro atoms. The van der Waals surface area contributed by atoms with E-state index in [1.165, 1.54) is 0 Å². The Morgan fingerprint density at radius 3 is 2.47 bits per heavy atom. The number of carbonyl (C=O) groups excluding carboxylic acids is 1. The molecule has 0 aromatic heterocycles. The smallest absolute Gasteiger partial charge is 0.338 e. The van der Waals surface area contributed by atoms with Crippen molar-refractivity contribution >= 4 is 5.97 Å². The second-order valence-corrected chi connectivity index (χ2v) is 4.83. The van der Waals surface area contributed by atoms with E-state index in [4.69, 9.17) is 15.0 Å². The maximum absolute atomic E-state index is 11.8. The average Bonchev–Trinajstić information content (AvgIpc) is 2.33. The van der Waals surface area contributed by atoms with Crippen LogP contribution >= 0.6 is 0 Å². The monoisotopic (exact) mass is 263 g/mol. The molecule has 1 rings (SSSR count). The van der Waals surface area contributed by atoms with Gasteiger partial charge in [-0.3, -0.25) is 0 Å². The van der Waals surface area contributed by atoms with Crippen molar-refractivity contribution in [3.05, 3.63) is 40.3 Å². The highest BCUT2D eigenvalue weighted by molar-refractivity contribution is 5.89. The first-order valence-electron chi connectivity index (χ1n) is 5.89. The first-order valence-corrected chi connectivity index (χ1v) is 5.89. The molecule has 0 heterocycles. The van der Waals surface area contributed by atoms with Crippen molar-refractivity contribution in [3.8, 4) is 5.75 Å². The van der Waals surface area contributed by atoms with E-state index in [-0.39, 0.29) is 12.5 Å². The molecule has 0 unspecified atom stereocenters. The second-order valence-electron chi connectivity index (χ2n) is 4.83. The summed E-state index contributed by atoms with van der Waals surface area (Å²) in [6.07, 6.45) is 0. The SMILES string of the molecule is CC(C)(C)OC(=O)c1ccc(OCCN=[N+]=[N-])cc1. The second kappa shape index (κ2) is 6.66. The lowest BCUT2D eigenvalue weighted by atomic mass is 10.1. The summed E-state index contributed by atoms with van der Waals surface area (Å²) in [5.41, 5.74) is 8.06. The van der Waals surface area contributed by atoms with Gasteiger partial charge >= 0.3 is 5.97 Å². The van der Waals surface area contributed by atoms with Gasteiger partial charge in [-0.15, -0.1) is 0 Å². The molecule has 0 aliphatic heterocycles. The van der Waals surface area contributed by atoms with Crippen LogP contribution in [0.2, 0.25) is 0 Å². The highest BCUT2D eigenvalue weighted by Gasteiger charge is 2.17. The molecule has 0 amide bonds. The summed E-state index contributed by atoms with van der Waals surface area (Å²) < 4.78 is 10.6. The third-order valence-corrected chi connectivity index (χ3v) is 2.01. The van der Waals surface area contributed by atoms with Crippen LogP contribution in [0.4, 0.5) is 0 Å². The van der Waals surface area contributed by atoms with Crippen molar-refractivity contribution < 1.29 is 14.3 Å². The normalized spacial score (nSPS) is 10.5. The minimum atomic E-state index is -0.512. The molecule has 6 heteroatoms. The van der Waals surface area contributed by atoms with Gasteiger partial charge in [0.25, 0.3) is 0 Å². The lowest BCUT2D eigenvalue weighted by Gasteiger charge is -2.19. The zero-order valence-electron chi connectivity index (χ0n) is 11.3. The van der Waals surface area contributed by atoms with Crippen LogP contribution in [0.3, 0.4) is 0 Å². The molecular formula is C13H17N3O3. The summed E-state index contributed by atoms with van der Waals surface area (Å²) in [5.74, 6) is 0.244. The Balaban J connectivity index is 2.56. The van der Waals surface area contributed by atoms with Gasteiger partial charge in [0.15, 0.2) is 0 Å². The van der Waals surface area contributed by atoms with E-state index in [9.17, 15) is 4.79 Å². The molecule has 0 saturated heterocycles. The minimum Gasteiger partial charge on any atom is -0.493 e. The van der Waals surface area contributed by atoms with Crippen molar-refractivity contribution in [1.29, 1.82) is 0 Å². The Bertz CT molecular complexity index is 471. The van der Waals surface area contributed by atoms with Gasteiger partial charge in [-0.25, -0.2) is 4.79 Å². The van der Waals surface area contributed by atoms with Gasteiger partial charge in [0.1, 0.15) is 11.4 Å². The van der Waals surface area contributed by atoms with Crippen molar-refractivity contribution in [2.45, 2.75) is 26.4 Å². The fourth-order valence-electron chi connectivity index (χ4n) is 1.27. The minimum absolute atomic E-state index is 0.268. The number of azide groups is 1. The van der Waals surface area contributed by atoms with Crippen molar-refractivity contribution in [2.75, 3.05) is 13.2 Å². The molecule has 6 nitrogen and oxygen atoms in total. The molecule has 0 saturated carbocycles. The zero-order valence-corrected chi connectivity index (χ0v) is 11.3. The van der Waals surface area contributed by atoms with Crippen LogP contribution in [0.1, 0.15) is 31.1 Å². The number of carbonyl (C=O) groups is 1. The van der Waals surface area contributed by atoms with Crippen LogP contribution in [0.5, 0.6) is 5.75 Å². The van der Waals surface area contributed by atoms with E-state index in [1.807, 2.05) is 20.8 Å². The van der Waals surface area contributed by atoms with Gasteiger partial charge in [-0.1, -0.05) is 5.11 Å². The zero-order chi connectivity index (χ0) is 14.3. The first kappa shape index (κ1) is 14.9. The lowest BCUT2D eigenvalue weighted by Crippen LogP contribution is -2.23. The summed E-state index contributed by atoms with van der Waals surface area (Å²) in [4.78, 5) is 14.4. The molecule has 0 atom stereocenters. The molecule has 102 valence electrons. The number of hydrogen-bond donors (Lipinski definition) is 0.